The van der Waals surface area contributed by atoms with Crippen molar-refractivity contribution in [2.45, 2.75) is 19.9 Å². The zero-order valence-corrected chi connectivity index (χ0v) is 10.4. The van der Waals surface area contributed by atoms with E-state index in [4.69, 9.17) is 11.6 Å². The number of rotatable bonds is 4. The van der Waals surface area contributed by atoms with Gasteiger partial charge >= 0.3 is 0 Å². The molecule has 0 unspecified atom stereocenters. The number of aromatic nitrogens is 2. The molecule has 0 spiro atoms. The minimum Gasteiger partial charge on any atom is -0.352 e. The number of nitrogens with one attached hydrogen (secondary N) is 1. The molecule has 1 aromatic heterocycles. The van der Waals surface area contributed by atoms with Crippen molar-refractivity contribution in [2.24, 2.45) is 0 Å². The number of carbonyl (C=O) groups excluding carboxylic acids is 1. The first-order valence-electron chi connectivity index (χ1n) is 4.49. The highest BCUT2D eigenvalue weighted by Gasteiger charge is 2.14. The summed E-state index contributed by atoms with van der Waals surface area (Å²) in [6, 6.07) is 0.134. The molecule has 1 heterocycles. The van der Waals surface area contributed by atoms with Crippen LogP contribution in [0.3, 0.4) is 0 Å². The molecule has 0 bridgehead atoms. The topological polar surface area (TPSA) is 58.1 Å². The molecule has 0 aliphatic carbocycles. The number of nitrogens with zero attached hydrogens (tertiary/aromatic N) is 3. The van der Waals surface area contributed by atoms with E-state index in [0.29, 0.717) is 11.0 Å². The van der Waals surface area contributed by atoms with Gasteiger partial charge in [0, 0.05) is 13.1 Å². The van der Waals surface area contributed by atoms with Gasteiger partial charge in [-0.15, -0.1) is 0 Å². The Morgan fingerprint density at radius 3 is 2.73 bits per heavy atom. The fraction of sp³-hybridized carbons (Fsp3) is 0.625. The van der Waals surface area contributed by atoms with Gasteiger partial charge in [0.05, 0.1) is 18.3 Å². The van der Waals surface area contributed by atoms with Crippen molar-refractivity contribution in [2.75, 3.05) is 18.5 Å². The van der Waals surface area contributed by atoms with Crippen LogP contribution in [0.1, 0.15) is 13.8 Å². The number of hydrogen-bond donors (Lipinski definition) is 1. The SMILES string of the molecule is CC(C)NC(=O)CN(C)c1nsnc1Cl. The van der Waals surface area contributed by atoms with Crippen LogP contribution in [0.5, 0.6) is 0 Å². The van der Waals surface area contributed by atoms with E-state index < -0.39 is 0 Å². The average Bonchev–Trinajstić information content (AvgIpc) is 2.49. The highest BCUT2D eigenvalue weighted by Crippen LogP contribution is 2.20. The Morgan fingerprint density at radius 2 is 2.27 bits per heavy atom. The van der Waals surface area contributed by atoms with Gasteiger partial charge in [-0.1, -0.05) is 11.6 Å². The van der Waals surface area contributed by atoms with Gasteiger partial charge in [0.2, 0.25) is 5.91 Å². The van der Waals surface area contributed by atoms with Gasteiger partial charge < -0.3 is 10.2 Å². The summed E-state index contributed by atoms with van der Waals surface area (Å²) >= 11 is 6.82. The lowest BCUT2D eigenvalue weighted by atomic mass is 10.4. The molecule has 1 rings (SSSR count). The van der Waals surface area contributed by atoms with Gasteiger partial charge in [-0.2, -0.15) is 8.75 Å². The molecule has 7 heteroatoms. The van der Waals surface area contributed by atoms with E-state index in [2.05, 4.69) is 14.1 Å². The second kappa shape index (κ2) is 5.27. The third kappa shape index (κ3) is 3.64. The lowest BCUT2D eigenvalue weighted by molar-refractivity contribution is -0.120. The Bertz CT molecular complexity index is 341. The van der Waals surface area contributed by atoms with Crippen molar-refractivity contribution in [3.63, 3.8) is 0 Å². The number of hydrogen-bond acceptors (Lipinski definition) is 5. The van der Waals surface area contributed by atoms with Crippen molar-refractivity contribution in [1.29, 1.82) is 0 Å². The van der Waals surface area contributed by atoms with Crippen LogP contribution in [0.15, 0.2) is 0 Å². The third-order valence-electron chi connectivity index (χ3n) is 1.62. The molecule has 0 atom stereocenters. The van der Waals surface area contributed by atoms with E-state index in [0.717, 1.165) is 11.7 Å². The van der Waals surface area contributed by atoms with E-state index in [-0.39, 0.29) is 18.5 Å². The van der Waals surface area contributed by atoms with Crippen molar-refractivity contribution in [3.8, 4) is 0 Å². The summed E-state index contributed by atoms with van der Waals surface area (Å²) in [6.45, 7) is 4.05. The Morgan fingerprint density at radius 1 is 1.60 bits per heavy atom. The highest BCUT2D eigenvalue weighted by molar-refractivity contribution is 6.99. The van der Waals surface area contributed by atoms with E-state index in [1.165, 1.54) is 0 Å². The van der Waals surface area contributed by atoms with Gasteiger partial charge in [-0.3, -0.25) is 4.79 Å². The summed E-state index contributed by atoms with van der Waals surface area (Å²) in [5.41, 5.74) is 0. The predicted octanol–water partition coefficient (Wildman–Crippen LogP) is 1.15. The van der Waals surface area contributed by atoms with Gasteiger partial charge in [0.1, 0.15) is 0 Å². The van der Waals surface area contributed by atoms with Gasteiger partial charge in [0.15, 0.2) is 11.0 Å². The molecule has 5 nitrogen and oxygen atoms in total. The van der Waals surface area contributed by atoms with Crippen LogP contribution >= 0.6 is 23.3 Å². The molecule has 0 aromatic carbocycles. The largest absolute Gasteiger partial charge is 0.352 e. The Hall–Kier alpha value is -0.880. The summed E-state index contributed by atoms with van der Waals surface area (Å²) in [5, 5.41) is 3.12. The van der Waals surface area contributed by atoms with Crippen molar-refractivity contribution >= 4 is 35.1 Å². The summed E-state index contributed by atoms with van der Waals surface area (Å²) in [6.07, 6.45) is 0. The second-order valence-corrected chi connectivity index (χ2v) is 4.34. The van der Waals surface area contributed by atoms with Crippen LogP contribution in [-0.2, 0) is 4.79 Å². The monoisotopic (exact) mass is 248 g/mol. The maximum atomic E-state index is 11.4. The number of halogens is 1. The molecule has 0 aliphatic heterocycles. The second-order valence-electron chi connectivity index (χ2n) is 3.46. The zero-order valence-electron chi connectivity index (χ0n) is 8.82. The van der Waals surface area contributed by atoms with Gasteiger partial charge in [-0.25, -0.2) is 0 Å². The molecule has 1 aromatic rings. The average molecular weight is 249 g/mol. The maximum Gasteiger partial charge on any atom is 0.239 e. The van der Waals surface area contributed by atoms with Crippen LogP contribution in [0.25, 0.3) is 0 Å². The molecule has 0 aliphatic rings. The Kier molecular flexibility index (Phi) is 4.28. The van der Waals surface area contributed by atoms with Crippen molar-refractivity contribution < 1.29 is 4.79 Å². The minimum absolute atomic E-state index is 0.0587. The summed E-state index contributed by atoms with van der Waals surface area (Å²) in [5.74, 6) is 0.483. The maximum absolute atomic E-state index is 11.4. The van der Waals surface area contributed by atoms with Crippen molar-refractivity contribution in [3.05, 3.63) is 5.15 Å². The summed E-state index contributed by atoms with van der Waals surface area (Å²) < 4.78 is 7.82. The van der Waals surface area contributed by atoms with Crippen LogP contribution in [0.2, 0.25) is 5.15 Å². The molecular weight excluding hydrogens is 236 g/mol. The van der Waals surface area contributed by atoms with Crippen molar-refractivity contribution in [1.82, 2.24) is 14.1 Å². The Balaban J connectivity index is 2.53. The fourth-order valence-corrected chi connectivity index (χ4v) is 1.89. The number of likely N-dealkylation sites (N-methyl/N-ethyl adjacent to an activating group) is 1. The van der Waals surface area contributed by atoms with Crippen LogP contribution in [0, 0.1) is 0 Å². The predicted molar refractivity (Wildman–Crippen MR) is 61.5 cm³/mol. The molecule has 1 N–H and O–H groups in total. The number of carbonyl (C=O) groups is 1. The lowest BCUT2D eigenvalue weighted by Crippen LogP contribution is -2.38. The zero-order chi connectivity index (χ0) is 11.4. The summed E-state index contributed by atoms with van der Waals surface area (Å²) in [4.78, 5) is 13.1. The molecule has 0 fully saturated rings. The third-order valence-corrected chi connectivity index (χ3v) is 2.50. The summed E-state index contributed by atoms with van der Waals surface area (Å²) in [7, 11) is 1.75. The molecule has 15 heavy (non-hydrogen) atoms. The number of amides is 1. The van der Waals surface area contributed by atoms with Crippen LogP contribution in [0.4, 0.5) is 5.82 Å². The fourth-order valence-electron chi connectivity index (χ4n) is 1.06. The van der Waals surface area contributed by atoms with E-state index in [9.17, 15) is 4.79 Å². The molecule has 0 saturated carbocycles. The number of anilines is 1. The normalized spacial score (nSPS) is 10.5. The standard InChI is InChI=1S/C8H13ClN4OS/c1-5(2)10-6(14)4-13(3)8-7(9)11-15-12-8/h5H,4H2,1-3H3,(H,10,14). The molecule has 84 valence electrons. The first-order chi connectivity index (χ1) is 7.00. The first-order valence-corrected chi connectivity index (χ1v) is 5.60. The first kappa shape index (κ1) is 12.2. The molecular formula is C8H13ClN4OS. The molecule has 0 saturated heterocycles. The smallest absolute Gasteiger partial charge is 0.239 e. The molecule has 1 amide bonds. The van der Waals surface area contributed by atoms with E-state index in [1.807, 2.05) is 13.8 Å². The van der Waals surface area contributed by atoms with E-state index in [1.54, 1.807) is 11.9 Å². The minimum atomic E-state index is -0.0587. The van der Waals surface area contributed by atoms with Crippen LogP contribution < -0.4 is 10.2 Å². The molecule has 0 radical (unpaired) electrons. The van der Waals surface area contributed by atoms with Crippen LogP contribution in [-0.4, -0.2) is 34.3 Å². The van der Waals surface area contributed by atoms with Gasteiger partial charge in [0.25, 0.3) is 0 Å². The quantitative estimate of drug-likeness (QED) is 0.869. The lowest BCUT2D eigenvalue weighted by Gasteiger charge is -2.16. The Labute approximate surface area is 97.8 Å². The highest BCUT2D eigenvalue weighted by atomic mass is 35.5. The van der Waals surface area contributed by atoms with E-state index >= 15 is 0 Å². The van der Waals surface area contributed by atoms with Gasteiger partial charge in [-0.05, 0) is 13.8 Å².